The highest BCUT2D eigenvalue weighted by Crippen LogP contribution is 2.22. The summed E-state index contributed by atoms with van der Waals surface area (Å²) in [6, 6.07) is 5.73. The normalized spacial score (nSPS) is 15.6. The second kappa shape index (κ2) is 7.79. The number of rotatable bonds is 5. The van der Waals surface area contributed by atoms with Crippen LogP contribution in [-0.2, 0) is 4.79 Å². The lowest BCUT2D eigenvalue weighted by Crippen LogP contribution is -2.41. The molecule has 1 aromatic rings. The van der Waals surface area contributed by atoms with E-state index >= 15 is 0 Å². The number of anilines is 1. The molecule has 0 aromatic carbocycles. The fourth-order valence-corrected chi connectivity index (χ4v) is 2.64. The first-order valence-electron chi connectivity index (χ1n) is 7.99. The molecule has 0 unspecified atom stereocenters. The van der Waals surface area contributed by atoms with Gasteiger partial charge in [0, 0.05) is 31.7 Å². The zero-order valence-electron chi connectivity index (χ0n) is 13.4. The first-order chi connectivity index (χ1) is 10.6. The Labute approximate surface area is 132 Å². The molecule has 1 aliphatic heterocycles. The molecule has 1 fully saturated rings. The highest BCUT2D eigenvalue weighted by molar-refractivity contribution is 5.78. The van der Waals surface area contributed by atoms with Crippen LogP contribution in [0.3, 0.4) is 0 Å². The molecule has 22 heavy (non-hydrogen) atoms. The predicted molar refractivity (Wildman–Crippen MR) is 86.4 cm³/mol. The number of pyridine rings is 1. The average Bonchev–Trinajstić information content (AvgIpc) is 2.54. The third-order valence-corrected chi connectivity index (χ3v) is 4.09. The molecule has 2 rings (SSSR count). The number of nitrogens with zero attached hydrogens (tertiary/aromatic N) is 3. The van der Waals surface area contributed by atoms with Crippen molar-refractivity contribution in [2.45, 2.75) is 33.1 Å². The van der Waals surface area contributed by atoms with Gasteiger partial charge in [-0.25, -0.2) is 4.98 Å². The third kappa shape index (κ3) is 4.45. The topological polar surface area (TPSA) is 69.0 Å². The van der Waals surface area contributed by atoms with E-state index in [1.807, 2.05) is 6.07 Å². The molecule has 5 nitrogen and oxygen atoms in total. The Kier molecular flexibility index (Phi) is 5.76. The fourth-order valence-electron chi connectivity index (χ4n) is 2.64. The van der Waals surface area contributed by atoms with Crippen LogP contribution in [0.25, 0.3) is 0 Å². The summed E-state index contributed by atoms with van der Waals surface area (Å²) in [4.78, 5) is 18.6. The molecule has 0 atom stereocenters. The van der Waals surface area contributed by atoms with Crippen LogP contribution in [0.15, 0.2) is 18.3 Å². The van der Waals surface area contributed by atoms with Gasteiger partial charge in [0.05, 0.1) is 5.56 Å². The van der Waals surface area contributed by atoms with Crippen LogP contribution in [0.2, 0.25) is 0 Å². The van der Waals surface area contributed by atoms with Gasteiger partial charge in [-0.1, -0.05) is 13.8 Å². The van der Waals surface area contributed by atoms with E-state index in [0.29, 0.717) is 11.5 Å². The molecule has 0 bridgehead atoms. The van der Waals surface area contributed by atoms with Gasteiger partial charge in [0.1, 0.15) is 11.9 Å². The van der Waals surface area contributed by atoms with Crippen LogP contribution < -0.4 is 10.2 Å². The van der Waals surface area contributed by atoms with Crippen LogP contribution in [0.4, 0.5) is 5.82 Å². The molecule has 1 amide bonds. The van der Waals surface area contributed by atoms with Crippen molar-refractivity contribution in [3.8, 4) is 6.07 Å². The van der Waals surface area contributed by atoms with E-state index in [9.17, 15) is 4.79 Å². The fraction of sp³-hybridized carbons (Fsp3) is 0.588. The molecule has 1 aromatic heterocycles. The molecule has 0 aliphatic carbocycles. The molecule has 1 N–H and O–H groups in total. The SMILES string of the molecule is CC(C)CCNC(=O)C1CCN(c2ccc(C#N)cn2)CC1. The van der Waals surface area contributed by atoms with Crippen LogP contribution in [0, 0.1) is 23.2 Å². The van der Waals surface area contributed by atoms with Crippen molar-refractivity contribution in [1.82, 2.24) is 10.3 Å². The average molecular weight is 300 g/mol. The smallest absolute Gasteiger partial charge is 0.223 e. The number of carbonyl (C=O) groups is 1. The van der Waals surface area contributed by atoms with Gasteiger partial charge in [-0.05, 0) is 37.3 Å². The molecule has 2 heterocycles. The van der Waals surface area contributed by atoms with E-state index in [2.05, 4.69) is 35.1 Å². The van der Waals surface area contributed by atoms with Gasteiger partial charge >= 0.3 is 0 Å². The van der Waals surface area contributed by atoms with Crippen LogP contribution in [-0.4, -0.2) is 30.5 Å². The van der Waals surface area contributed by atoms with Gasteiger partial charge in [-0.15, -0.1) is 0 Å². The van der Waals surface area contributed by atoms with E-state index < -0.39 is 0 Å². The molecular formula is C17H24N4O. The van der Waals surface area contributed by atoms with Crippen LogP contribution in [0.1, 0.15) is 38.7 Å². The molecule has 0 radical (unpaired) electrons. The van der Waals surface area contributed by atoms with Crippen molar-refractivity contribution in [2.75, 3.05) is 24.5 Å². The van der Waals surface area contributed by atoms with Crippen LogP contribution >= 0.6 is 0 Å². The van der Waals surface area contributed by atoms with Gasteiger partial charge in [0.25, 0.3) is 0 Å². The second-order valence-corrected chi connectivity index (χ2v) is 6.25. The van der Waals surface area contributed by atoms with E-state index in [-0.39, 0.29) is 11.8 Å². The zero-order valence-corrected chi connectivity index (χ0v) is 13.4. The monoisotopic (exact) mass is 300 g/mol. The molecule has 118 valence electrons. The molecule has 5 heteroatoms. The summed E-state index contributed by atoms with van der Waals surface area (Å²) in [5, 5.41) is 11.8. The summed E-state index contributed by atoms with van der Waals surface area (Å²) < 4.78 is 0. The van der Waals surface area contributed by atoms with Crippen molar-refractivity contribution in [3.05, 3.63) is 23.9 Å². The van der Waals surface area contributed by atoms with E-state index in [4.69, 9.17) is 5.26 Å². The molecule has 0 saturated carbocycles. The largest absolute Gasteiger partial charge is 0.357 e. The van der Waals surface area contributed by atoms with Crippen molar-refractivity contribution >= 4 is 11.7 Å². The minimum atomic E-state index is 0.113. The maximum Gasteiger partial charge on any atom is 0.223 e. The number of aromatic nitrogens is 1. The van der Waals surface area contributed by atoms with Gasteiger partial charge in [-0.2, -0.15) is 5.26 Å². The van der Waals surface area contributed by atoms with Crippen molar-refractivity contribution in [1.29, 1.82) is 5.26 Å². The van der Waals surface area contributed by atoms with E-state index in [1.54, 1.807) is 12.3 Å². The summed E-state index contributed by atoms with van der Waals surface area (Å²) in [6.45, 7) is 6.76. The van der Waals surface area contributed by atoms with Gasteiger partial charge in [0.15, 0.2) is 0 Å². The number of piperidine rings is 1. The van der Waals surface area contributed by atoms with Crippen LogP contribution in [0.5, 0.6) is 0 Å². The summed E-state index contributed by atoms with van der Waals surface area (Å²) in [7, 11) is 0. The quantitative estimate of drug-likeness (QED) is 0.906. The predicted octanol–water partition coefficient (Wildman–Crippen LogP) is 2.33. The number of carbonyl (C=O) groups excluding carboxylic acids is 1. The lowest BCUT2D eigenvalue weighted by atomic mass is 9.95. The standard InChI is InChI=1S/C17H24N4O/c1-13(2)5-8-19-17(22)15-6-9-21(10-7-15)16-4-3-14(11-18)12-20-16/h3-4,12-13,15H,5-10H2,1-2H3,(H,19,22). The minimum Gasteiger partial charge on any atom is -0.357 e. The van der Waals surface area contributed by atoms with Gasteiger partial charge < -0.3 is 10.2 Å². The minimum absolute atomic E-state index is 0.113. The van der Waals surface area contributed by atoms with E-state index in [0.717, 1.165) is 44.7 Å². The maximum atomic E-state index is 12.1. The maximum absolute atomic E-state index is 12.1. The highest BCUT2D eigenvalue weighted by atomic mass is 16.1. The Morgan fingerprint density at radius 3 is 2.73 bits per heavy atom. The third-order valence-electron chi connectivity index (χ3n) is 4.09. The summed E-state index contributed by atoms with van der Waals surface area (Å²) in [6.07, 6.45) is 4.34. The Balaban J connectivity index is 1.79. The van der Waals surface area contributed by atoms with Crippen molar-refractivity contribution in [3.63, 3.8) is 0 Å². The highest BCUT2D eigenvalue weighted by Gasteiger charge is 2.25. The van der Waals surface area contributed by atoms with Gasteiger partial charge in [-0.3, -0.25) is 4.79 Å². The van der Waals surface area contributed by atoms with E-state index in [1.165, 1.54) is 0 Å². The first-order valence-corrected chi connectivity index (χ1v) is 7.99. The molecule has 0 spiro atoms. The summed E-state index contributed by atoms with van der Waals surface area (Å²) >= 11 is 0. The molecule has 1 saturated heterocycles. The summed E-state index contributed by atoms with van der Waals surface area (Å²) in [5.74, 6) is 1.80. The second-order valence-electron chi connectivity index (χ2n) is 6.25. The zero-order chi connectivity index (χ0) is 15.9. The Hall–Kier alpha value is -2.09. The molecular weight excluding hydrogens is 276 g/mol. The number of amides is 1. The summed E-state index contributed by atoms with van der Waals surface area (Å²) in [5.41, 5.74) is 0.572. The first kappa shape index (κ1) is 16.3. The molecule has 1 aliphatic rings. The number of hydrogen-bond acceptors (Lipinski definition) is 4. The lowest BCUT2D eigenvalue weighted by Gasteiger charge is -2.32. The lowest BCUT2D eigenvalue weighted by molar-refractivity contribution is -0.125. The van der Waals surface area contributed by atoms with Crippen molar-refractivity contribution < 1.29 is 4.79 Å². The Bertz CT molecular complexity index is 525. The number of nitriles is 1. The number of nitrogens with one attached hydrogen (secondary N) is 1. The van der Waals surface area contributed by atoms with Gasteiger partial charge in [0.2, 0.25) is 5.91 Å². The van der Waals surface area contributed by atoms with Crippen molar-refractivity contribution in [2.24, 2.45) is 11.8 Å². The Morgan fingerprint density at radius 2 is 2.18 bits per heavy atom. The number of hydrogen-bond donors (Lipinski definition) is 1. The Morgan fingerprint density at radius 1 is 1.45 bits per heavy atom.